The van der Waals surface area contributed by atoms with Gasteiger partial charge in [-0.1, -0.05) is 128 Å². The molecule has 6 aromatic carbocycles. The maximum atomic E-state index is 5.38. The third-order valence-electron chi connectivity index (χ3n) is 10.0. The molecule has 4 heterocycles. The summed E-state index contributed by atoms with van der Waals surface area (Å²) in [5, 5.41) is 6.81. The number of rotatable bonds is 5. The van der Waals surface area contributed by atoms with Gasteiger partial charge >= 0.3 is 0 Å². The zero-order valence-corrected chi connectivity index (χ0v) is 28.0. The molecule has 5 heteroatoms. The van der Waals surface area contributed by atoms with Crippen molar-refractivity contribution in [2.75, 3.05) is 0 Å². The molecule has 10 rings (SSSR count). The molecule has 0 amide bonds. The van der Waals surface area contributed by atoms with Crippen LogP contribution in [0.5, 0.6) is 0 Å². The molecule has 0 fully saturated rings. The normalized spacial score (nSPS) is 12.5. The van der Waals surface area contributed by atoms with Crippen molar-refractivity contribution < 1.29 is 0 Å². The van der Waals surface area contributed by atoms with Crippen LogP contribution < -0.4 is 0 Å². The summed E-state index contributed by atoms with van der Waals surface area (Å²) in [4.78, 5) is 15.7. The van der Waals surface area contributed by atoms with Crippen molar-refractivity contribution in [3.05, 3.63) is 170 Å². The molecular formula is C46H31N5. The lowest BCUT2D eigenvalue weighted by Crippen LogP contribution is -2.03. The van der Waals surface area contributed by atoms with E-state index < -0.39 is 0 Å². The molecule has 0 N–H and O–H groups in total. The average molecular weight is 654 g/mol. The van der Waals surface area contributed by atoms with E-state index in [0.717, 1.165) is 82.7 Å². The SMILES string of the molecule is C=C/C(=C\C=C/C)c1ccc(-c2nc(-n3c4ccccc4c4cc5c6ccccc6c6nc7ccccc7n6c5cc43)nc3ccccc23)cc1. The molecule has 0 unspecified atom stereocenters. The van der Waals surface area contributed by atoms with Crippen molar-refractivity contribution in [3.63, 3.8) is 0 Å². The molecule has 4 aromatic heterocycles. The molecule has 0 atom stereocenters. The van der Waals surface area contributed by atoms with E-state index in [0.29, 0.717) is 5.95 Å². The molecule has 0 saturated carbocycles. The van der Waals surface area contributed by atoms with Gasteiger partial charge in [-0.2, -0.15) is 0 Å². The lowest BCUT2D eigenvalue weighted by atomic mass is 10.0. The summed E-state index contributed by atoms with van der Waals surface area (Å²) in [5.74, 6) is 0.630. The Morgan fingerprint density at radius 1 is 0.569 bits per heavy atom. The molecule has 0 aliphatic rings. The highest BCUT2D eigenvalue weighted by Crippen LogP contribution is 2.39. The zero-order chi connectivity index (χ0) is 34.1. The maximum Gasteiger partial charge on any atom is 0.235 e. The van der Waals surface area contributed by atoms with E-state index in [1.165, 1.54) is 10.8 Å². The van der Waals surface area contributed by atoms with Gasteiger partial charge in [0.2, 0.25) is 5.95 Å². The first-order valence-electron chi connectivity index (χ1n) is 17.2. The monoisotopic (exact) mass is 653 g/mol. The fraction of sp³-hybridized carbons (Fsp3) is 0.0217. The lowest BCUT2D eigenvalue weighted by molar-refractivity contribution is 1.01. The molecule has 0 saturated heterocycles. The number of hydrogen-bond acceptors (Lipinski definition) is 3. The van der Waals surface area contributed by atoms with Crippen molar-refractivity contribution in [2.45, 2.75) is 6.92 Å². The molecule has 0 aliphatic carbocycles. The fourth-order valence-electron chi connectivity index (χ4n) is 7.67. The third-order valence-corrected chi connectivity index (χ3v) is 10.0. The molecule has 0 aliphatic heterocycles. The van der Waals surface area contributed by atoms with E-state index in [1.54, 1.807) is 0 Å². The lowest BCUT2D eigenvalue weighted by Gasteiger charge is -2.13. The van der Waals surface area contributed by atoms with Crippen LogP contribution >= 0.6 is 0 Å². The van der Waals surface area contributed by atoms with Gasteiger partial charge in [0.1, 0.15) is 5.65 Å². The summed E-state index contributed by atoms with van der Waals surface area (Å²) in [6, 6.07) is 47.0. The Labute approximate surface area is 293 Å². The van der Waals surface area contributed by atoms with Gasteiger partial charge in [0, 0.05) is 32.5 Å². The minimum absolute atomic E-state index is 0.630. The number of nitrogens with zero attached hydrogens (tertiary/aromatic N) is 5. The average Bonchev–Trinajstić information content (AvgIpc) is 3.74. The van der Waals surface area contributed by atoms with Crippen molar-refractivity contribution in [1.29, 1.82) is 0 Å². The van der Waals surface area contributed by atoms with Crippen molar-refractivity contribution in [2.24, 2.45) is 0 Å². The van der Waals surface area contributed by atoms with Crippen molar-refractivity contribution in [1.82, 2.24) is 23.9 Å². The quantitative estimate of drug-likeness (QED) is 0.137. The van der Waals surface area contributed by atoms with E-state index in [9.17, 15) is 0 Å². The summed E-state index contributed by atoms with van der Waals surface area (Å²) >= 11 is 0. The number of pyridine rings is 1. The van der Waals surface area contributed by atoms with Gasteiger partial charge in [0.25, 0.3) is 0 Å². The maximum absolute atomic E-state index is 5.38. The van der Waals surface area contributed by atoms with Crippen LogP contribution in [0.4, 0.5) is 0 Å². The van der Waals surface area contributed by atoms with Crippen molar-refractivity contribution >= 4 is 76.6 Å². The summed E-state index contributed by atoms with van der Waals surface area (Å²) in [5.41, 5.74) is 11.2. The summed E-state index contributed by atoms with van der Waals surface area (Å²) in [6.07, 6.45) is 8.02. The highest BCUT2D eigenvalue weighted by molar-refractivity contribution is 6.20. The molecule has 51 heavy (non-hydrogen) atoms. The standard InChI is InChI=1S/C46H31N5/c1-3-5-14-29(4-2)30-23-25-31(26-24-30)44-35-18-8-10-19-38(35)48-46(49-44)51-40-21-12-9-16-33(40)37-27-36-32-15-6-7-17-34(32)45-47-39-20-11-13-22-41(39)50(45)42(36)28-43(37)51/h3-28H,2H2,1H3/b5-3-,29-14+. The largest absolute Gasteiger partial charge is 0.292 e. The van der Waals surface area contributed by atoms with Crippen molar-refractivity contribution in [3.8, 4) is 17.2 Å². The zero-order valence-electron chi connectivity index (χ0n) is 28.0. The molecule has 0 radical (unpaired) electrons. The number of imidazole rings is 1. The first-order chi connectivity index (χ1) is 25.2. The van der Waals surface area contributed by atoms with Crippen LogP contribution in [0.25, 0.3) is 93.8 Å². The van der Waals surface area contributed by atoms with Crippen LogP contribution in [0.1, 0.15) is 12.5 Å². The number of hydrogen-bond donors (Lipinski definition) is 0. The van der Waals surface area contributed by atoms with Crippen LogP contribution in [0.15, 0.2) is 164 Å². The predicted molar refractivity (Wildman–Crippen MR) is 214 cm³/mol. The molecule has 5 nitrogen and oxygen atoms in total. The molecular weight excluding hydrogens is 623 g/mol. The van der Waals surface area contributed by atoms with E-state index in [1.807, 2.05) is 31.2 Å². The van der Waals surface area contributed by atoms with Gasteiger partial charge < -0.3 is 0 Å². The second-order valence-corrected chi connectivity index (χ2v) is 12.9. The van der Waals surface area contributed by atoms with Crippen LogP contribution in [-0.2, 0) is 0 Å². The van der Waals surface area contributed by atoms with Gasteiger partial charge in [-0.05, 0) is 59.8 Å². The Hall–Kier alpha value is -6.85. The van der Waals surface area contributed by atoms with Crippen LogP contribution in [-0.4, -0.2) is 23.9 Å². The number of aromatic nitrogens is 5. The van der Waals surface area contributed by atoms with Crippen LogP contribution in [0.2, 0.25) is 0 Å². The molecule has 0 spiro atoms. The predicted octanol–water partition coefficient (Wildman–Crippen LogP) is 11.6. The summed E-state index contributed by atoms with van der Waals surface area (Å²) < 4.78 is 4.54. The Morgan fingerprint density at radius 3 is 2.02 bits per heavy atom. The Kier molecular flexibility index (Phi) is 6.48. The summed E-state index contributed by atoms with van der Waals surface area (Å²) in [7, 11) is 0. The second kappa shape index (κ2) is 11.4. The smallest absolute Gasteiger partial charge is 0.235 e. The number of allylic oxidation sites excluding steroid dienone is 5. The minimum atomic E-state index is 0.630. The van der Waals surface area contributed by atoms with E-state index in [-0.39, 0.29) is 0 Å². The Morgan fingerprint density at radius 2 is 1.24 bits per heavy atom. The van der Waals surface area contributed by atoms with E-state index >= 15 is 0 Å². The highest BCUT2D eigenvalue weighted by atomic mass is 15.2. The first kappa shape index (κ1) is 29.1. The number of benzene rings is 6. The second-order valence-electron chi connectivity index (χ2n) is 12.9. The van der Waals surface area contributed by atoms with Crippen LogP contribution in [0, 0.1) is 0 Å². The summed E-state index contributed by atoms with van der Waals surface area (Å²) in [6.45, 7) is 6.05. The fourth-order valence-corrected chi connectivity index (χ4v) is 7.67. The third kappa shape index (κ3) is 4.38. The topological polar surface area (TPSA) is 48.0 Å². The highest BCUT2D eigenvalue weighted by Gasteiger charge is 2.20. The van der Waals surface area contributed by atoms with Gasteiger partial charge in [-0.15, -0.1) is 0 Å². The van der Waals surface area contributed by atoms with Gasteiger partial charge in [0.05, 0.1) is 38.8 Å². The number of para-hydroxylation sites is 4. The minimum Gasteiger partial charge on any atom is -0.292 e. The molecule has 0 bridgehead atoms. The first-order valence-corrected chi connectivity index (χ1v) is 17.2. The van der Waals surface area contributed by atoms with E-state index in [4.69, 9.17) is 15.0 Å². The van der Waals surface area contributed by atoms with E-state index in [2.05, 4.69) is 149 Å². The molecule has 10 aromatic rings. The molecule has 240 valence electrons. The van der Waals surface area contributed by atoms with Gasteiger partial charge in [-0.25, -0.2) is 15.0 Å². The van der Waals surface area contributed by atoms with Crippen LogP contribution in [0.3, 0.4) is 0 Å². The van der Waals surface area contributed by atoms with Gasteiger partial charge in [0.15, 0.2) is 0 Å². The Balaban J connectivity index is 1.29. The number of fused-ring (bicyclic) bond motifs is 12. The van der Waals surface area contributed by atoms with Gasteiger partial charge in [-0.3, -0.25) is 8.97 Å². The Bertz CT molecular complexity index is 3100.